The fourth-order valence-electron chi connectivity index (χ4n) is 16.4. The van der Waals surface area contributed by atoms with Gasteiger partial charge in [-0.2, -0.15) is 0 Å². The maximum Gasteiger partial charge on any atom is 0.167 e. The van der Waals surface area contributed by atoms with Crippen molar-refractivity contribution in [2.45, 2.75) is 81.5 Å². The minimum Gasteiger partial charge on any atom is -0.455 e. The van der Waals surface area contributed by atoms with Gasteiger partial charge in [0.05, 0.1) is 5.56 Å². The van der Waals surface area contributed by atoms with Crippen LogP contribution in [0.25, 0.3) is 77.6 Å². The summed E-state index contributed by atoms with van der Waals surface area (Å²) in [4.78, 5) is 16.1. The second kappa shape index (κ2) is 12.6. The van der Waals surface area contributed by atoms with Crippen LogP contribution in [0.3, 0.4) is 0 Å². The van der Waals surface area contributed by atoms with Crippen LogP contribution in [0.15, 0.2) is 144 Å². The maximum atomic E-state index is 7.22. The third kappa shape index (κ3) is 4.96. The molecule has 0 saturated heterocycles. The van der Waals surface area contributed by atoms with Gasteiger partial charge in [0, 0.05) is 21.9 Å². The average Bonchev–Trinajstić information content (AvgIpc) is 3.82. The fourth-order valence-corrected chi connectivity index (χ4v) is 16.4. The van der Waals surface area contributed by atoms with Crippen LogP contribution in [0.5, 0.6) is 0 Å². The molecule has 0 N–H and O–H groups in total. The maximum absolute atomic E-state index is 7.22. The van der Waals surface area contributed by atoms with Gasteiger partial charge in [-0.1, -0.05) is 127 Å². The highest BCUT2D eigenvalue weighted by Gasteiger charge is 2.77. The number of para-hydroxylation sites is 2. The third-order valence-corrected chi connectivity index (χ3v) is 18.6. The topological polar surface area (TPSA) is 51.8 Å². The summed E-state index contributed by atoms with van der Waals surface area (Å²) in [6.07, 6.45) is 15.6. The van der Waals surface area contributed by atoms with E-state index in [4.69, 9.17) is 19.4 Å². The first-order chi connectivity index (χ1) is 31.0. The van der Waals surface area contributed by atoms with Gasteiger partial charge in [-0.3, -0.25) is 0 Å². The molecule has 4 heteroatoms. The average molecular weight is 818 g/mol. The molecule has 5 atom stereocenters. The number of aromatic nitrogens is 3. The summed E-state index contributed by atoms with van der Waals surface area (Å²) < 4.78 is 7.22. The second-order valence-corrected chi connectivity index (χ2v) is 21.6. The molecule has 63 heavy (non-hydrogen) atoms. The molecule has 0 amide bonds. The van der Waals surface area contributed by atoms with Crippen molar-refractivity contribution in [3.05, 3.63) is 151 Å². The van der Waals surface area contributed by atoms with Crippen molar-refractivity contribution in [2.24, 2.45) is 40.9 Å². The molecule has 8 fully saturated rings. The van der Waals surface area contributed by atoms with Crippen LogP contribution in [0.1, 0.15) is 81.8 Å². The van der Waals surface area contributed by atoms with Gasteiger partial charge in [0.25, 0.3) is 0 Å². The van der Waals surface area contributed by atoms with Crippen molar-refractivity contribution in [3.63, 3.8) is 0 Å². The number of rotatable bonds is 5. The Kier molecular flexibility index (Phi) is 7.14. The van der Waals surface area contributed by atoms with Crippen molar-refractivity contribution < 1.29 is 4.42 Å². The van der Waals surface area contributed by atoms with Crippen LogP contribution in [0.2, 0.25) is 0 Å². The van der Waals surface area contributed by atoms with Gasteiger partial charge in [0.2, 0.25) is 0 Å². The zero-order chi connectivity index (χ0) is 41.1. The predicted molar refractivity (Wildman–Crippen MR) is 254 cm³/mol. The molecule has 3 unspecified atom stereocenters. The van der Waals surface area contributed by atoms with Crippen molar-refractivity contribution in [1.82, 2.24) is 15.0 Å². The minimum absolute atomic E-state index is 0.338. The number of benzene rings is 6. The molecule has 308 valence electrons. The normalized spacial score (nSPS) is 31.6. The summed E-state index contributed by atoms with van der Waals surface area (Å²) in [5.41, 5.74) is 8.92. The zero-order valence-electron chi connectivity index (χ0n) is 35.8. The largest absolute Gasteiger partial charge is 0.455 e. The third-order valence-electron chi connectivity index (χ3n) is 18.6. The molecule has 8 aliphatic carbocycles. The first-order valence-electron chi connectivity index (χ1n) is 24.1. The van der Waals surface area contributed by atoms with Crippen LogP contribution in [-0.4, -0.2) is 15.0 Å². The Bertz CT molecular complexity index is 3160. The van der Waals surface area contributed by atoms with Crippen molar-refractivity contribution in [3.8, 4) is 34.2 Å². The molecular weight excluding hydrogens is 767 g/mol. The lowest BCUT2D eigenvalue weighted by molar-refractivity contribution is -0.175. The highest BCUT2D eigenvalue weighted by atomic mass is 16.3. The molecule has 2 heterocycles. The van der Waals surface area contributed by atoms with Crippen LogP contribution in [-0.2, 0) is 10.8 Å². The van der Waals surface area contributed by atoms with E-state index in [1.54, 1.807) is 0 Å². The van der Waals surface area contributed by atoms with E-state index in [1.807, 2.05) is 0 Å². The standard InChI is InChI=1S/C59H51N3O/c1-3-10-47-45(8-1)46-9-2-4-11-48(46)50-13-7-14-51(53(50)63-52-15-6-5-12-49(47)52)56-61-54(38-16-20-40(21-17-38)57-29-35-24-36(30-57)26-37(25-35)31-57)60-55(62-56)39-18-22-41(23-19-39)58-32-43-27-42-28-44(33-58)59(42,43)34-58/h1-23,35-37,42-44H,24-34H2/t35?,36?,37?,42?,43-,44+,57?,58?,59?. The zero-order valence-corrected chi connectivity index (χ0v) is 35.8. The monoisotopic (exact) mass is 817 g/mol. The van der Waals surface area contributed by atoms with Gasteiger partial charge in [0.15, 0.2) is 17.5 Å². The van der Waals surface area contributed by atoms with Gasteiger partial charge >= 0.3 is 0 Å². The van der Waals surface area contributed by atoms with Crippen molar-refractivity contribution in [2.75, 3.05) is 0 Å². The summed E-state index contributed by atoms with van der Waals surface area (Å²) >= 11 is 0. The van der Waals surface area contributed by atoms with Crippen LogP contribution < -0.4 is 0 Å². The smallest absolute Gasteiger partial charge is 0.167 e. The van der Waals surface area contributed by atoms with E-state index in [-0.39, 0.29) is 0 Å². The highest BCUT2D eigenvalue weighted by molar-refractivity contribution is 6.19. The number of hydrogen-bond acceptors (Lipinski definition) is 4. The van der Waals surface area contributed by atoms with E-state index in [0.717, 1.165) is 84.9 Å². The van der Waals surface area contributed by atoms with Crippen molar-refractivity contribution in [1.29, 1.82) is 0 Å². The molecule has 6 bridgehead atoms. The van der Waals surface area contributed by atoms with Gasteiger partial charge in [0.1, 0.15) is 11.2 Å². The van der Waals surface area contributed by atoms with E-state index in [1.165, 1.54) is 92.5 Å². The summed E-state index contributed by atoms with van der Waals surface area (Å²) in [5, 5.41) is 6.69. The Labute approximate surface area is 368 Å². The Morgan fingerprint density at radius 3 is 1.43 bits per heavy atom. The summed E-state index contributed by atoms with van der Waals surface area (Å²) in [6.45, 7) is 0. The number of hydrogen-bond donors (Lipinski definition) is 0. The van der Waals surface area contributed by atoms with Gasteiger partial charge < -0.3 is 4.42 Å². The molecular formula is C59H51N3O. The van der Waals surface area contributed by atoms with E-state index in [9.17, 15) is 0 Å². The van der Waals surface area contributed by atoms with E-state index < -0.39 is 0 Å². The minimum atomic E-state index is 0.338. The SMILES string of the molecule is c1ccc2c(c1)oc1c(-c3nc(-c4ccc(C56CC7CC(CC(C7)C5)C6)cc4)nc(-c4ccc(C56C[C@H]7CC8C[C@@H](C5)C87C6)cc4)n3)cccc1c1ccccc1c1ccccc21. The summed E-state index contributed by atoms with van der Waals surface area (Å²) in [6, 6.07) is 51.2. The molecule has 0 radical (unpaired) electrons. The van der Waals surface area contributed by atoms with Crippen molar-refractivity contribution >= 4 is 43.5 Å². The molecule has 4 nitrogen and oxygen atoms in total. The molecule has 16 rings (SSSR count). The van der Waals surface area contributed by atoms with Gasteiger partial charge in [-0.15, -0.1) is 0 Å². The second-order valence-electron chi connectivity index (χ2n) is 21.6. The Balaban J connectivity index is 0.920. The Morgan fingerprint density at radius 1 is 0.397 bits per heavy atom. The lowest BCUT2D eigenvalue weighted by Crippen LogP contribution is -2.59. The molecule has 8 saturated carbocycles. The van der Waals surface area contributed by atoms with E-state index in [0.29, 0.717) is 33.7 Å². The summed E-state index contributed by atoms with van der Waals surface area (Å²) in [5.74, 6) is 7.69. The quantitative estimate of drug-likeness (QED) is 0.174. The van der Waals surface area contributed by atoms with Gasteiger partial charge in [-0.25, -0.2) is 15.0 Å². The predicted octanol–water partition coefficient (Wildman–Crippen LogP) is 14.7. The molecule has 6 aromatic carbocycles. The molecule has 1 spiro atoms. The number of fused-ring (bicyclic) bond motifs is 8. The highest BCUT2D eigenvalue weighted by Crippen LogP contribution is 2.84. The van der Waals surface area contributed by atoms with Crippen LogP contribution in [0, 0.1) is 40.9 Å². The summed E-state index contributed by atoms with van der Waals surface area (Å²) in [7, 11) is 0. The van der Waals surface area contributed by atoms with Gasteiger partial charge in [-0.05, 0) is 167 Å². The first kappa shape index (κ1) is 35.6. The fraction of sp³-hybridized carbons (Fsp3) is 0.339. The Hall–Kier alpha value is -5.87. The van der Waals surface area contributed by atoms with Crippen LogP contribution in [0.4, 0.5) is 0 Å². The lowest BCUT2D eigenvalue weighted by Gasteiger charge is -2.66. The molecule has 0 aliphatic heterocycles. The van der Waals surface area contributed by atoms with E-state index in [2.05, 4.69) is 140 Å². The van der Waals surface area contributed by atoms with E-state index >= 15 is 0 Å². The first-order valence-corrected chi connectivity index (χ1v) is 24.1. The Morgan fingerprint density at radius 2 is 0.873 bits per heavy atom. The lowest BCUT2D eigenvalue weighted by atomic mass is 9.38. The van der Waals surface area contributed by atoms with Crippen LogP contribution >= 0.6 is 0 Å². The molecule has 8 aliphatic rings. The number of nitrogens with zero attached hydrogens (tertiary/aromatic N) is 3. The molecule has 8 aromatic rings. The molecule has 2 aromatic heterocycles.